The lowest BCUT2D eigenvalue weighted by Gasteiger charge is -2.49. The molecule has 4 aromatic rings. The van der Waals surface area contributed by atoms with Crippen LogP contribution >= 0.6 is 0 Å². The van der Waals surface area contributed by atoms with Gasteiger partial charge in [0.25, 0.3) is 0 Å². The maximum atomic E-state index is 15.0. The zero-order valence-corrected chi connectivity index (χ0v) is 33.4. The summed E-state index contributed by atoms with van der Waals surface area (Å²) in [5.41, 5.74) is 1.83. The molecule has 4 fully saturated rings. The lowest BCUT2D eigenvalue weighted by molar-refractivity contribution is -0.213. The highest BCUT2D eigenvalue weighted by molar-refractivity contribution is 5.94. The molecule has 308 valence electrons. The zero-order valence-electron chi connectivity index (χ0n) is 33.4. The molecule has 1 amide bonds. The molecule has 0 spiro atoms. The summed E-state index contributed by atoms with van der Waals surface area (Å²) in [6.45, 7) is 5.02. The molecule has 8 rings (SSSR count). The molecule has 3 saturated heterocycles. The molecule has 12 nitrogen and oxygen atoms in total. The summed E-state index contributed by atoms with van der Waals surface area (Å²) in [6, 6.07) is 32.0. The first kappa shape index (κ1) is 40.4. The van der Waals surface area contributed by atoms with Crippen LogP contribution in [-0.2, 0) is 56.9 Å². The SMILES string of the molecule is CC(C)(C)OC(=O)CC[C@@H](CO)NC(=O)[C@@]12C[C@H]3OC(=O)[C@@H]1N(Cc1ccc(C=CCc4ccccc4O)cc1)O[C@@H]2[C@H]1OC(c2ccccc2)(c2ccccc2)O[C@H]13. The van der Waals surface area contributed by atoms with Gasteiger partial charge < -0.3 is 34.5 Å². The molecule has 12 heteroatoms. The lowest BCUT2D eigenvalue weighted by Crippen LogP contribution is -2.70. The van der Waals surface area contributed by atoms with Crippen molar-refractivity contribution in [2.45, 2.75) is 101 Å². The fourth-order valence-electron chi connectivity index (χ4n) is 8.82. The van der Waals surface area contributed by atoms with E-state index in [9.17, 15) is 24.6 Å². The van der Waals surface area contributed by atoms with E-state index >= 15 is 0 Å². The van der Waals surface area contributed by atoms with Crippen molar-refractivity contribution in [3.05, 3.63) is 143 Å². The largest absolute Gasteiger partial charge is 0.508 e. The number of fused-ring (bicyclic) bond motifs is 4. The van der Waals surface area contributed by atoms with Crippen LogP contribution in [0.15, 0.2) is 115 Å². The first-order valence-electron chi connectivity index (χ1n) is 20.2. The van der Waals surface area contributed by atoms with Crippen molar-refractivity contribution in [1.29, 1.82) is 0 Å². The van der Waals surface area contributed by atoms with Crippen molar-refractivity contribution in [3.63, 3.8) is 0 Å². The Hall–Kier alpha value is -5.37. The number of para-hydroxylation sites is 1. The number of carbonyl (C=O) groups excluding carboxylic acids is 3. The van der Waals surface area contributed by atoms with Gasteiger partial charge in [-0.05, 0) is 56.4 Å². The van der Waals surface area contributed by atoms with Gasteiger partial charge in [0.05, 0.1) is 19.2 Å². The molecule has 3 heterocycles. The minimum atomic E-state index is -1.51. The molecule has 1 aliphatic carbocycles. The number of hydrogen-bond donors (Lipinski definition) is 3. The topological polar surface area (TPSA) is 153 Å². The summed E-state index contributed by atoms with van der Waals surface area (Å²) >= 11 is 0. The minimum Gasteiger partial charge on any atom is -0.508 e. The van der Waals surface area contributed by atoms with E-state index in [1.54, 1.807) is 32.9 Å². The van der Waals surface area contributed by atoms with E-state index in [4.69, 9.17) is 23.8 Å². The normalized spacial score (nSPS) is 26.2. The standard InChI is InChI=1S/C47H50N2O10/c1-45(2,3)56-38(52)26-25-35(29-50)48-44(54)46-27-37-39-40(58-47(57-39,33-16-6-4-7-17-33)34-18-8-5-9-19-34)42(46)59-49(41(46)43(53)55-37)28-31-23-21-30(22-24-31)13-12-15-32-14-10-11-20-36(32)51/h4-14,16-24,35,37,39-42,50-51H,15,25-29H2,1-3H3,(H,48,54)/t35-,37+,39-,40-,41-,42+,46-/m0/s1. The number of esters is 2. The second kappa shape index (κ2) is 16.4. The quantitative estimate of drug-likeness (QED) is 0.142. The Balaban J connectivity index is 1.10. The Kier molecular flexibility index (Phi) is 11.2. The number of rotatable bonds is 13. The van der Waals surface area contributed by atoms with Gasteiger partial charge in [0, 0.05) is 24.0 Å². The summed E-state index contributed by atoms with van der Waals surface area (Å²) in [6.07, 6.45) is 1.15. The molecule has 0 aromatic heterocycles. The monoisotopic (exact) mass is 802 g/mol. The van der Waals surface area contributed by atoms with Gasteiger partial charge in [-0.2, -0.15) is 5.06 Å². The smallest absolute Gasteiger partial charge is 0.327 e. The van der Waals surface area contributed by atoms with E-state index < -0.39 is 77.8 Å². The van der Waals surface area contributed by atoms with Crippen LogP contribution in [0.25, 0.3) is 6.08 Å². The number of amides is 1. The number of hydrogen-bond acceptors (Lipinski definition) is 11. The average molecular weight is 803 g/mol. The predicted octanol–water partition coefficient (Wildman–Crippen LogP) is 5.73. The Morgan fingerprint density at radius 1 is 0.915 bits per heavy atom. The number of ether oxygens (including phenoxy) is 4. The first-order chi connectivity index (χ1) is 28.4. The molecule has 3 aliphatic heterocycles. The number of phenols is 1. The highest BCUT2D eigenvalue weighted by atomic mass is 16.8. The predicted molar refractivity (Wildman–Crippen MR) is 216 cm³/mol. The van der Waals surface area contributed by atoms with Crippen LogP contribution in [-0.4, -0.2) is 81.8 Å². The fourth-order valence-corrected chi connectivity index (χ4v) is 8.82. The number of nitrogens with zero attached hydrogens (tertiary/aromatic N) is 1. The Labute approximate surface area is 343 Å². The van der Waals surface area contributed by atoms with Gasteiger partial charge in [0.1, 0.15) is 41.2 Å². The summed E-state index contributed by atoms with van der Waals surface area (Å²) < 4.78 is 25.7. The number of aliphatic hydroxyl groups is 1. The van der Waals surface area contributed by atoms with Crippen molar-refractivity contribution >= 4 is 23.9 Å². The number of allylic oxidation sites excluding steroid dienone is 1. The van der Waals surface area contributed by atoms with E-state index in [-0.39, 0.29) is 31.6 Å². The van der Waals surface area contributed by atoms with Gasteiger partial charge in [-0.25, -0.2) is 0 Å². The molecule has 4 aliphatic rings. The number of phenolic OH excluding ortho intramolecular Hbond substituents is 1. The lowest BCUT2D eigenvalue weighted by atomic mass is 9.62. The maximum absolute atomic E-state index is 15.0. The zero-order chi connectivity index (χ0) is 41.4. The van der Waals surface area contributed by atoms with Crippen molar-refractivity contribution in [1.82, 2.24) is 10.4 Å². The van der Waals surface area contributed by atoms with Crippen LogP contribution in [0.3, 0.4) is 0 Å². The first-order valence-corrected chi connectivity index (χ1v) is 20.2. The number of hydroxylamine groups is 2. The minimum absolute atomic E-state index is 0.0336. The summed E-state index contributed by atoms with van der Waals surface area (Å²) in [4.78, 5) is 48.7. The van der Waals surface area contributed by atoms with E-state index in [1.165, 1.54) is 5.06 Å². The van der Waals surface area contributed by atoms with Gasteiger partial charge in [0.15, 0.2) is 6.04 Å². The molecule has 0 unspecified atom stereocenters. The van der Waals surface area contributed by atoms with E-state index in [0.29, 0.717) is 6.42 Å². The molecule has 1 saturated carbocycles. The number of nitrogens with one attached hydrogen (secondary N) is 1. The van der Waals surface area contributed by atoms with Crippen LogP contribution in [0, 0.1) is 5.41 Å². The van der Waals surface area contributed by atoms with E-state index in [1.807, 2.05) is 109 Å². The Bertz CT molecular complexity index is 2130. The third kappa shape index (κ3) is 7.91. The summed E-state index contributed by atoms with van der Waals surface area (Å²) in [7, 11) is 0. The number of benzene rings is 4. The van der Waals surface area contributed by atoms with Crippen molar-refractivity contribution < 1.29 is 48.4 Å². The molecule has 59 heavy (non-hydrogen) atoms. The second-order valence-corrected chi connectivity index (χ2v) is 16.7. The van der Waals surface area contributed by atoms with Gasteiger partial charge >= 0.3 is 11.9 Å². The molecule has 2 bridgehead atoms. The van der Waals surface area contributed by atoms with Crippen molar-refractivity contribution in [2.75, 3.05) is 6.61 Å². The maximum Gasteiger partial charge on any atom is 0.327 e. The third-order valence-corrected chi connectivity index (χ3v) is 11.5. The highest BCUT2D eigenvalue weighted by Gasteiger charge is 2.76. The van der Waals surface area contributed by atoms with E-state index in [0.717, 1.165) is 27.8 Å². The van der Waals surface area contributed by atoms with Gasteiger partial charge in [0.2, 0.25) is 11.7 Å². The van der Waals surface area contributed by atoms with Crippen LogP contribution < -0.4 is 5.32 Å². The van der Waals surface area contributed by atoms with Crippen LogP contribution in [0.1, 0.15) is 67.9 Å². The van der Waals surface area contributed by atoms with Crippen LogP contribution in [0.5, 0.6) is 5.75 Å². The van der Waals surface area contributed by atoms with Crippen LogP contribution in [0.4, 0.5) is 0 Å². The summed E-state index contributed by atoms with van der Waals surface area (Å²) in [5.74, 6) is -2.75. The molecule has 7 atom stereocenters. The van der Waals surface area contributed by atoms with Crippen LogP contribution in [0.2, 0.25) is 0 Å². The number of carbonyl (C=O) groups is 3. The van der Waals surface area contributed by atoms with Crippen molar-refractivity contribution in [3.8, 4) is 5.75 Å². The van der Waals surface area contributed by atoms with Crippen molar-refractivity contribution in [2.24, 2.45) is 5.41 Å². The fraction of sp³-hybridized carbons (Fsp3) is 0.383. The molecule has 4 aromatic carbocycles. The molecular weight excluding hydrogens is 753 g/mol. The second-order valence-electron chi connectivity index (χ2n) is 16.7. The van der Waals surface area contributed by atoms with Gasteiger partial charge in [-0.1, -0.05) is 115 Å². The third-order valence-electron chi connectivity index (χ3n) is 11.5. The molecular formula is C47H50N2O10. The van der Waals surface area contributed by atoms with Gasteiger partial charge in [-0.3, -0.25) is 19.2 Å². The highest BCUT2D eigenvalue weighted by Crippen LogP contribution is 2.59. The molecule has 0 radical (unpaired) electrons. The number of aliphatic hydroxyl groups excluding tert-OH is 1. The number of aromatic hydroxyl groups is 1. The Morgan fingerprint density at radius 2 is 1.56 bits per heavy atom. The summed E-state index contributed by atoms with van der Waals surface area (Å²) in [5, 5.41) is 25.1. The molecule has 3 N–H and O–H groups in total. The average Bonchev–Trinajstić information content (AvgIpc) is 3.81. The Morgan fingerprint density at radius 3 is 2.20 bits per heavy atom. The van der Waals surface area contributed by atoms with E-state index in [2.05, 4.69) is 5.32 Å². The van der Waals surface area contributed by atoms with Gasteiger partial charge in [-0.15, -0.1) is 0 Å².